The van der Waals surface area contributed by atoms with E-state index < -0.39 is 0 Å². The predicted molar refractivity (Wildman–Crippen MR) is 98.9 cm³/mol. The molecule has 1 aromatic carbocycles. The molecular formula is C19H23ClN4O. The van der Waals surface area contributed by atoms with Crippen LogP contribution in [-0.4, -0.2) is 29.7 Å². The molecule has 25 heavy (non-hydrogen) atoms. The number of halogens is 1. The van der Waals surface area contributed by atoms with Gasteiger partial charge in [-0.1, -0.05) is 23.7 Å². The van der Waals surface area contributed by atoms with Crippen molar-refractivity contribution in [2.75, 3.05) is 18.6 Å². The lowest BCUT2D eigenvalue weighted by molar-refractivity contribution is 0.177. The third-order valence-corrected chi connectivity index (χ3v) is 5.53. The summed E-state index contributed by atoms with van der Waals surface area (Å²) < 4.78 is 5.26. The molecule has 1 aromatic heterocycles. The van der Waals surface area contributed by atoms with Crippen LogP contribution in [0, 0.1) is 0 Å². The Labute approximate surface area is 153 Å². The Kier molecular flexibility index (Phi) is 4.63. The molecule has 0 unspecified atom stereocenters. The summed E-state index contributed by atoms with van der Waals surface area (Å²) in [5.74, 6) is 2.16. The first-order chi connectivity index (χ1) is 12.1. The lowest BCUT2D eigenvalue weighted by Gasteiger charge is -2.34. The van der Waals surface area contributed by atoms with E-state index in [-0.39, 0.29) is 0 Å². The van der Waals surface area contributed by atoms with E-state index in [4.69, 9.17) is 32.0 Å². The first kappa shape index (κ1) is 16.8. The van der Waals surface area contributed by atoms with Gasteiger partial charge in [0.2, 0.25) is 0 Å². The van der Waals surface area contributed by atoms with Gasteiger partial charge in [-0.3, -0.25) is 0 Å². The molecule has 5 nitrogen and oxygen atoms in total. The van der Waals surface area contributed by atoms with E-state index in [0.717, 1.165) is 54.7 Å². The number of hydrogen-bond acceptors (Lipinski definition) is 5. The van der Waals surface area contributed by atoms with Gasteiger partial charge in [0.05, 0.1) is 0 Å². The number of benzene rings is 1. The minimum atomic E-state index is 0.304. The van der Waals surface area contributed by atoms with Gasteiger partial charge in [0, 0.05) is 48.9 Å². The van der Waals surface area contributed by atoms with Gasteiger partial charge in [0.15, 0.2) is 5.82 Å². The van der Waals surface area contributed by atoms with Crippen LogP contribution in [0.3, 0.4) is 0 Å². The number of nitrogens with zero attached hydrogens (tertiary/aromatic N) is 3. The standard InChI is InChI=1S/C19H23ClN4O/c1-25-11-18-22-17(13-7-14(21)8-13)9-19(23-18)24-6-5-15-12(10-24)3-2-4-16(15)20/h2-4,9,13-14H,5-8,10-11,21H2,1H3. The fourth-order valence-electron chi connectivity index (χ4n) is 3.73. The molecule has 1 fully saturated rings. The molecule has 2 N–H and O–H groups in total. The van der Waals surface area contributed by atoms with Crippen molar-refractivity contribution in [2.24, 2.45) is 5.73 Å². The zero-order valence-electron chi connectivity index (χ0n) is 14.4. The highest BCUT2D eigenvalue weighted by Crippen LogP contribution is 2.36. The number of aromatic nitrogens is 2. The fourth-order valence-corrected chi connectivity index (χ4v) is 4.02. The molecule has 1 saturated carbocycles. The van der Waals surface area contributed by atoms with E-state index in [9.17, 15) is 0 Å². The van der Waals surface area contributed by atoms with Gasteiger partial charge in [-0.2, -0.15) is 0 Å². The SMILES string of the molecule is COCc1nc(C2CC(N)C2)cc(N2CCc3c(Cl)cccc3C2)n1. The minimum absolute atomic E-state index is 0.304. The topological polar surface area (TPSA) is 64.3 Å². The number of anilines is 1. The average Bonchev–Trinajstić information content (AvgIpc) is 2.59. The van der Waals surface area contributed by atoms with Crippen molar-refractivity contribution in [2.45, 2.75) is 44.4 Å². The Balaban J connectivity index is 1.63. The van der Waals surface area contributed by atoms with E-state index >= 15 is 0 Å². The molecule has 2 aliphatic rings. The highest BCUT2D eigenvalue weighted by atomic mass is 35.5. The maximum absolute atomic E-state index is 6.34. The van der Waals surface area contributed by atoms with E-state index in [1.807, 2.05) is 12.1 Å². The number of methoxy groups -OCH3 is 1. The highest BCUT2D eigenvalue weighted by Gasteiger charge is 2.30. The van der Waals surface area contributed by atoms with Gasteiger partial charge >= 0.3 is 0 Å². The van der Waals surface area contributed by atoms with Gasteiger partial charge in [-0.15, -0.1) is 0 Å². The summed E-state index contributed by atoms with van der Waals surface area (Å²) in [6.45, 7) is 2.16. The third-order valence-electron chi connectivity index (χ3n) is 5.18. The second-order valence-electron chi connectivity index (χ2n) is 6.98. The van der Waals surface area contributed by atoms with Crippen molar-refractivity contribution in [3.8, 4) is 0 Å². The van der Waals surface area contributed by atoms with Gasteiger partial charge in [0.1, 0.15) is 12.4 Å². The van der Waals surface area contributed by atoms with Crippen LogP contribution >= 0.6 is 11.6 Å². The lowest BCUT2D eigenvalue weighted by Crippen LogP contribution is -2.36. The van der Waals surface area contributed by atoms with Crippen molar-refractivity contribution >= 4 is 17.4 Å². The zero-order chi connectivity index (χ0) is 17.4. The largest absolute Gasteiger partial charge is 0.377 e. The molecule has 0 spiro atoms. The van der Waals surface area contributed by atoms with Crippen LogP contribution in [0.2, 0.25) is 5.02 Å². The first-order valence-electron chi connectivity index (χ1n) is 8.77. The molecule has 2 aromatic rings. The molecule has 0 saturated heterocycles. The van der Waals surface area contributed by atoms with Gasteiger partial charge in [-0.25, -0.2) is 9.97 Å². The maximum atomic E-state index is 6.34. The fraction of sp³-hybridized carbons (Fsp3) is 0.474. The Bertz CT molecular complexity index is 776. The van der Waals surface area contributed by atoms with Crippen molar-refractivity contribution in [3.63, 3.8) is 0 Å². The second-order valence-corrected chi connectivity index (χ2v) is 7.38. The molecular weight excluding hydrogens is 336 g/mol. The molecule has 0 amide bonds. The van der Waals surface area contributed by atoms with Crippen molar-refractivity contribution in [3.05, 3.63) is 51.9 Å². The lowest BCUT2D eigenvalue weighted by atomic mass is 9.78. The van der Waals surface area contributed by atoms with E-state index in [1.54, 1.807) is 7.11 Å². The van der Waals surface area contributed by atoms with Crippen LogP contribution in [0.25, 0.3) is 0 Å². The Hall–Kier alpha value is -1.69. The Morgan fingerprint density at radius 1 is 1.32 bits per heavy atom. The van der Waals surface area contributed by atoms with Crippen LogP contribution in [0.5, 0.6) is 0 Å². The summed E-state index contributed by atoms with van der Waals surface area (Å²) in [4.78, 5) is 11.7. The Morgan fingerprint density at radius 3 is 2.92 bits per heavy atom. The maximum Gasteiger partial charge on any atom is 0.156 e. The normalized spacial score (nSPS) is 22.4. The van der Waals surface area contributed by atoms with Crippen molar-refractivity contribution in [1.29, 1.82) is 0 Å². The smallest absolute Gasteiger partial charge is 0.156 e. The number of fused-ring (bicyclic) bond motifs is 1. The van der Waals surface area contributed by atoms with Crippen LogP contribution in [-0.2, 0) is 24.3 Å². The summed E-state index contributed by atoms with van der Waals surface area (Å²) in [5, 5.41) is 0.865. The monoisotopic (exact) mass is 358 g/mol. The van der Waals surface area contributed by atoms with E-state index in [2.05, 4.69) is 17.0 Å². The number of nitrogens with two attached hydrogens (primary N) is 1. The minimum Gasteiger partial charge on any atom is -0.377 e. The second kappa shape index (κ2) is 6.90. The van der Waals surface area contributed by atoms with E-state index in [0.29, 0.717) is 18.6 Å². The predicted octanol–water partition coefficient (Wildman–Crippen LogP) is 3.04. The van der Waals surface area contributed by atoms with Crippen LogP contribution in [0.4, 0.5) is 5.82 Å². The zero-order valence-corrected chi connectivity index (χ0v) is 15.2. The summed E-state index contributed by atoms with van der Waals surface area (Å²) in [7, 11) is 1.67. The Morgan fingerprint density at radius 2 is 2.16 bits per heavy atom. The summed E-state index contributed by atoms with van der Waals surface area (Å²) >= 11 is 6.34. The molecule has 1 aliphatic heterocycles. The molecule has 4 rings (SSSR count). The molecule has 0 atom stereocenters. The summed E-state index contributed by atoms with van der Waals surface area (Å²) in [5.41, 5.74) is 9.59. The summed E-state index contributed by atoms with van der Waals surface area (Å²) in [6.07, 6.45) is 2.94. The van der Waals surface area contributed by atoms with E-state index in [1.165, 1.54) is 11.1 Å². The van der Waals surface area contributed by atoms with Crippen molar-refractivity contribution < 1.29 is 4.74 Å². The van der Waals surface area contributed by atoms with Crippen molar-refractivity contribution in [1.82, 2.24) is 9.97 Å². The molecule has 1 aliphatic carbocycles. The molecule has 132 valence electrons. The average molecular weight is 359 g/mol. The quantitative estimate of drug-likeness (QED) is 0.910. The molecule has 0 bridgehead atoms. The van der Waals surface area contributed by atoms with Gasteiger partial charge in [0.25, 0.3) is 0 Å². The van der Waals surface area contributed by atoms with Crippen LogP contribution < -0.4 is 10.6 Å². The number of rotatable bonds is 4. The molecule has 2 heterocycles. The van der Waals surface area contributed by atoms with Crippen LogP contribution in [0.15, 0.2) is 24.3 Å². The van der Waals surface area contributed by atoms with Gasteiger partial charge in [-0.05, 0) is 36.5 Å². The summed E-state index contributed by atoms with van der Waals surface area (Å²) in [6, 6.07) is 8.57. The molecule has 6 heteroatoms. The first-order valence-corrected chi connectivity index (χ1v) is 9.15. The number of ether oxygens (including phenoxy) is 1. The highest BCUT2D eigenvalue weighted by molar-refractivity contribution is 6.31. The molecule has 0 radical (unpaired) electrons. The van der Waals surface area contributed by atoms with Crippen LogP contribution in [0.1, 0.15) is 41.4 Å². The van der Waals surface area contributed by atoms with Gasteiger partial charge < -0.3 is 15.4 Å². The number of hydrogen-bond donors (Lipinski definition) is 1. The third kappa shape index (κ3) is 3.36.